The topological polar surface area (TPSA) is 95.0 Å². The van der Waals surface area contributed by atoms with E-state index in [4.69, 9.17) is 5.11 Å². The van der Waals surface area contributed by atoms with Crippen molar-refractivity contribution in [2.75, 3.05) is 13.1 Å². The molecule has 0 atom stereocenters. The number of rotatable bonds is 3. The van der Waals surface area contributed by atoms with Gasteiger partial charge in [-0.1, -0.05) is 11.8 Å². The predicted octanol–water partition coefficient (Wildman–Crippen LogP) is 2.10. The summed E-state index contributed by atoms with van der Waals surface area (Å²) < 4.78 is 0. The van der Waals surface area contributed by atoms with Crippen molar-refractivity contribution in [3.05, 3.63) is 24.5 Å². The zero-order valence-electron chi connectivity index (χ0n) is 11.3. The number of aromatic amines is 1. The summed E-state index contributed by atoms with van der Waals surface area (Å²) in [6.07, 6.45) is 4.25. The molecule has 0 spiro atoms. The Balaban J connectivity index is 1.60. The lowest BCUT2D eigenvalue weighted by Gasteiger charge is -2.28. The quantitative estimate of drug-likeness (QED) is 0.901. The minimum atomic E-state index is -0.837. The molecule has 1 aliphatic rings. The van der Waals surface area contributed by atoms with Gasteiger partial charge in [-0.3, -0.25) is 10.1 Å². The van der Waals surface area contributed by atoms with Crippen LogP contribution in [0.2, 0.25) is 0 Å². The minimum absolute atomic E-state index is 0.363. The Bertz CT molecular complexity index is 610. The van der Waals surface area contributed by atoms with Crippen LogP contribution in [-0.4, -0.2) is 54.6 Å². The third-order valence-corrected chi connectivity index (χ3v) is 4.60. The summed E-state index contributed by atoms with van der Waals surface area (Å²) in [6.45, 7) is 1.16. The first-order valence-corrected chi connectivity index (χ1v) is 7.57. The van der Waals surface area contributed by atoms with Crippen molar-refractivity contribution in [2.24, 2.45) is 0 Å². The molecular formula is C13H15N5O2S. The van der Waals surface area contributed by atoms with Gasteiger partial charge in [0.15, 0.2) is 5.82 Å². The smallest absolute Gasteiger partial charge is 0.407 e. The number of amides is 1. The van der Waals surface area contributed by atoms with Gasteiger partial charge in [-0.05, 0) is 25.0 Å². The minimum Gasteiger partial charge on any atom is -0.465 e. The Hall–Kier alpha value is -2.09. The van der Waals surface area contributed by atoms with Gasteiger partial charge in [0.25, 0.3) is 0 Å². The van der Waals surface area contributed by atoms with Crippen LogP contribution in [0, 0.1) is 0 Å². The number of nitrogens with one attached hydrogen (secondary N) is 1. The van der Waals surface area contributed by atoms with Crippen molar-refractivity contribution in [3.8, 4) is 11.4 Å². The highest BCUT2D eigenvalue weighted by atomic mass is 32.2. The first-order chi connectivity index (χ1) is 10.2. The molecule has 21 heavy (non-hydrogen) atoms. The first kappa shape index (κ1) is 13.9. The number of carboxylic acid groups (broad SMARTS) is 1. The molecule has 1 fully saturated rings. The SMILES string of the molecule is O=C(O)N1CCC(Sc2n[nH]c(-c3ccncc3)n2)CC1. The van der Waals surface area contributed by atoms with Gasteiger partial charge in [0.05, 0.1) is 0 Å². The van der Waals surface area contributed by atoms with Crippen molar-refractivity contribution < 1.29 is 9.90 Å². The van der Waals surface area contributed by atoms with Gasteiger partial charge >= 0.3 is 6.09 Å². The molecule has 2 N–H and O–H groups in total. The molecule has 110 valence electrons. The number of thioether (sulfide) groups is 1. The molecular weight excluding hydrogens is 290 g/mol. The Morgan fingerprint density at radius 2 is 2.05 bits per heavy atom. The molecule has 0 aromatic carbocycles. The summed E-state index contributed by atoms with van der Waals surface area (Å²) in [5, 5.41) is 17.1. The van der Waals surface area contributed by atoms with E-state index in [9.17, 15) is 4.79 Å². The number of nitrogens with zero attached hydrogens (tertiary/aromatic N) is 4. The van der Waals surface area contributed by atoms with E-state index >= 15 is 0 Å². The van der Waals surface area contributed by atoms with Crippen molar-refractivity contribution in [1.29, 1.82) is 0 Å². The molecule has 0 unspecified atom stereocenters. The molecule has 1 amide bonds. The average molecular weight is 305 g/mol. The fourth-order valence-electron chi connectivity index (χ4n) is 2.25. The molecule has 0 radical (unpaired) electrons. The number of carbonyl (C=O) groups is 1. The predicted molar refractivity (Wildman–Crippen MR) is 78.1 cm³/mol. The number of hydrogen-bond donors (Lipinski definition) is 2. The van der Waals surface area contributed by atoms with Crippen LogP contribution >= 0.6 is 11.8 Å². The highest BCUT2D eigenvalue weighted by molar-refractivity contribution is 7.99. The maximum absolute atomic E-state index is 10.9. The standard InChI is InChI=1S/C13H15N5O2S/c19-13(20)18-7-3-10(4-8-18)21-12-15-11(16-17-12)9-1-5-14-6-2-9/h1-2,5-6,10H,3-4,7-8H2,(H,19,20)(H,15,16,17). The van der Waals surface area contributed by atoms with E-state index in [-0.39, 0.29) is 0 Å². The van der Waals surface area contributed by atoms with E-state index in [0.29, 0.717) is 23.5 Å². The molecule has 8 heteroatoms. The van der Waals surface area contributed by atoms with E-state index in [1.807, 2.05) is 12.1 Å². The molecule has 3 rings (SSSR count). The summed E-state index contributed by atoms with van der Waals surface area (Å²) >= 11 is 1.61. The van der Waals surface area contributed by atoms with E-state index in [1.54, 1.807) is 24.2 Å². The fraction of sp³-hybridized carbons (Fsp3) is 0.385. The lowest BCUT2D eigenvalue weighted by atomic mass is 10.1. The summed E-state index contributed by atoms with van der Waals surface area (Å²) in [4.78, 5) is 20.8. The van der Waals surface area contributed by atoms with Gasteiger partial charge in [-0.2, -0.15) is 0 Å². The Kier molecular flexibility index (Phi) is 4.05. The van der Waals surface area contributed by atoms with Crippen LogP contribution in [0.1, 0.15) is 12.8 Å². The number of piperidine rings is 1. The maximum atomic E-state index is 10.9. The van der Waals surface area contributed by atoms with Crippen molar-refractivity contribution in [3.63, 3.8) is 0 Å². The molecule has 0 aliphatic carbocycles. The van der Waals surface area contributed by atoms with Gasteiger partial charge in [0, 0.05) is 36.3 Å². The Morgan fingerprint density at radius 1 is 1.33 bits per heavy atom. The number of likely N-dealkylation sites (tertiary alicyclic amines) is 1. The van der Waals surface area contributed by atoms with Crippen LogP contribution in [0.15, 0.2) is 29.7 Å². The van der Waals surface area contributed by atoms with Gasteiger partial charge in [0.1, 0.15) is 0 Å². The van der Waals surface area contributed by atoms with Crippen LogP contribution in [0.3, 0.4) is 0 Å². The molecule has 2 aromatic rings. The summed E-state index contributed by atoms with van der Waals surface area (Å²) in [5.74, 6) is 0.725. The zero-order chi connectivity index (χ0) is 14.7. The van der Waals surface area contributed by atoms with Gasteiger partial charge in [-0.15, -0.1) is 5.10 Å². The van der Waals surface area contributed by atoms with Crippen LogP contribution < -0.4 is 0 Å². The van der Waals surface area contributed by atoms with E-state index in [2.05, 4.69) is 20.2 Å². The Labute approximate surface area is 125 Å². The van der Waals surface area contributed by atoms with E-state index in [0.717, 1.165) is 24.2 Å². The summed E-state index contributed by atoms with van der Waals surface area (Å²) in [7, 11) is 0. The van der Waals surface area contributed by atoms with Crippen LogP contribution in [0.5, 0.6) is 0 Å². The molecule has 1 aliphatic heterocycles. The molecule has 2 aromatic heterocycles. The van der Waals surface area contributed by atoms with Gasteiger partial charge in [-0.25, -0.2) is 9.78 Å². The van der Waals surface area contributed by atoms with E-state index in [1.165, 1.54) is 4.90 Å². The van der Waals surface area contributed by atoms with E-state index < -0.39 is 6.09 Å². The number of aromatic nitrogens is 4. The number of hydrogen-bond acceptors (Lipinski definition) is 5. The fourth-order valence-corrected chi connectivity index (χ4v) is 3.24. The molecule has 0 bridgehead atoms. The first-order valence-electron chi connectivity index (χ1n) is 6.69. The van der Waals surface area contributed by atoms with Crippen LogP contribution in [0.4, 0.5) is 4.79 Å². The second-order valence-corrected chi connectivity index (χ2v) is 6.06. The molecule has 1 saturated heterocycles. The number of H-pyrrole nitrogens is 1. The van der Waals surface area contributed by atoms with Crippen molar-refractivity contribution in [1.82, 2.24) is 25.1 Å². The lowest BCUT2D eigenvalue weighted by molar-refractivity contribution is 0.136. The monoisotopic (exact) mass is 305 g/mol. The molecule has 3 heterocycles. The van der Waals surface area contributed by atoms with Crippen molar-refractivity contribution >= 4 is 17.9 Å². The normalized spacial score (nSPS) is 16.1. The summed E-state index contributed by atoms with van der Waals surface area (Å²) in [6, 6.07) is 3.75. The lowest BCUT2D eigenvalue weighted by Crippen LogP contribution is -2.38. The molecule has 0 saturated carbocycles. The third kappa shape index (κ3) is 3.33. The van der Waals surface area contributed by atoms with Crippen LogP contribution in [0.25, 0.3) is 11.4 Å². The Morgan fingerprint density at radius 3 is 2.71 bits per heavy atom. The highest BCUT2D eigenvalue weighted by Crippen LogP contribution is 2.29. The maximum Gasteiger partial charge on any atom is 0.407 e. The molecule has 7 nitrogen and oxygen atoms in total. The largest absolute Gasteiger partial charge is 0.465 e. The van der Waals surface area contributed by atoms with Crippen LogP contribution in [-0.2, 0) is 0 Å². The second-order valence-electron chi connectivity index (χ2n) is 4.79. The second kappa shape index (κ2) is 6.13. The third-order valence-electron chi connectivity index (χ3n) is 3.40. The van der Waals surface area contributed by atoms with Crippen molar-refractivity contribution in [2.45, 2.75) is 23.2 Å². The summed E-state index contributed by atoms with van der Waals surface area (Å²) in [5.41, 5.74) is 0.949. The number of pyridine rings is 1. The average Bonchev–Trinajstić information content (AvgIpc) is 2.97. The highest BCUT2D eigenvalue weighted by Gasteiger charge is 2.24. The zero-order valence-corrected chi connectivity index (χ0v) is 12.1. The van der Waals surface area contributed by atoms with Gasteiger partial charge in [0.2, 0.25) is 5.16 Å². The van der Waals surface area contributed by atoms with Gasteiger partial charge < -0.3 is 10.0 Å².